The molecule has 0 bridgehead atoms. The Hall–Kier alpha value is -1.90. The van der Waals surface area contributed by atoms with Crippen molar-refractivity contribution in [2.75, 3.05) is 14.2 Å². The Balaban J connectivity index is 2.61. The SMILES string of the molecule is COc1cccc(OC)c1-n1cccc1. The molecule has 0 N–H and O–H groups in total. The van der Waals surface area contributed by atoms with Gasteiger partial charge in [-0.05, 0) is 24.3 Å². The van der Waals surface area contributed by atoms with Gasteiger partial charge in [0.1, 0.15) is 17.2 Å². The van der Waals surface area contributed by atoms with E-state index in [-0.39, 0.29) is 0 Å². The molecule has 0 saturated heterocycles. The van der Waals surface area contributed by atoms with Crippen LogP contribution >= 0.6 is 0 Å². The standard InChI is InChI=1S/C12H13NO2/c1-14-10-6-5-7-11(15-2)12(10)13-8-3-4-9-13/h3-9H,1-2H3. The Morgan fingerprint density at radius 2 is 1.40 bits per heavy atom. The first-order valence-electron chi connectivity index (χ1n) is 4.71. The second-order valence-corrected chi connectivity index (χ2v) is 3.10. The van der Waals surface area contributed by atoms with Crippen molar-refractivity contribution in [1.29, 1.82) is 0 Å². The van der Waals surface area contributed by atoms with Crippen molar-refractivity contribution >= 4 is 0 Å². The molecule has 3 nitrogen and oxygen atoms in total. The number of nitrogens with zero attached hydrogens (tertiary/aromatic N) is 1. The summed E-state index contributed by atoms with van der Waals surface area (Å²) in [6, 6.07) is 9.66. The van der Waals surface area contributed by atoms with Crippen LogP contribution in [0, 0.1) is 0 Å². The Kier molecular flexibility index (Phi) is 2.63. The van der Waals surface area contributed by atoms with Crippen LogP contribution < -0.4 is 9.47 Å². The van der Waals surface area contributed by atoms with Gasteiger partial charge >= 0.3 is 0 Å². The van der Waals surface area contributed by atoms with Crippen molar-refractivity contribution in [1.82, 2.24) is 4.57 Å². The van der Waals surface area contributed by atoms with E-state index in [1.54, 1.807) is 14.2 Å². The number of benzene rings is 1. The molecule has 0 spiro atoms. The zero-order chi connectivity index (χ0) is 10.7. The maximum absolute atomic E-state index is 5.31. The van der Waals surface area contributed by atoms with Crippen LogP contribution in [0.3, 0.4) is 0 Å². The Morgan fingerprint density at radius 1 is 0.867 bits per heavy atom. The summed E-state index contributed by atoms with van der Waals surface area (Å²) in [5.74, 6) is 1.59. The lowest BCUT2D eigenvalue weighted by molar-refractivity contribution is 0.391. The molecule has 3 heteroatoms. The average Bonchev–Trinajstić information content (AvgIpc) is 2.81. The van der Waals surface area contributed by atoms with Crippen molar-refractivity contribution in [2.24, 2.45) is 0 Å². The highest BCUT2D eigenvalue weighted by Gasteiger charge is 2.10. The molecule has 0 atom stereocenters. The normalized spacial score (nSPS) is 10.0. The van der Waals surface area contributed by atoms with Gasteiger partial charge in [-0.1, -0.05) is 6.07 Å². The highest BCUT2D eigenvalue weighted by Crippen LogP contribution is 2.31. The van der Waals surface area contributed by atoms with E-state index in [4.69, 9.17) is 9.47 Å². The highest BCUT2D eigenvalue weighted by atomic mass is 16.5. The summed E-state index contributed by atoms with van der Waals surface area (Å²) < 4.78 is 12.6. The van der Waals surface area contributed by atoms with Gasteiger partial charge in [0.15, 0.2) is 0 Å². The Labute approximate surface area is 88.9 Å². The summed E-state index contributed by atoms with van der Waals surface area (Å²) in [6.45, 7) is 0. The monoisotopic (exact) mass is 203 g/mol. The molecule has 0 fully saturated rings. The summed E-state index contributed by atoms with van der Waals surface area (Å²) in [4.78, 5) is 0. The molecule has 0 amide bonds. The van der Waals surface area contributed by atoms with Crippen molar-refractivity contribution < 1.29 is 9.47 Å². The van der Waals surface area contributed by atoms with E-state index in [0.29, 0.717) is 0 Å². The van der Waals surface area contributed by atoms with Crippen molar-refractivity contribution in [2.45, 2.75) is 0 Å². The van der Waals surface area contributed by atoms with Crippen LogP contribution in [-0.4, -0.2) is 18.8 Å². The molecule has 0 unspecified atom stereocenters. The van der Waals surface area contributed by atoms with Gasteiger partial charge in [-0.3, -0.25) is 0 Å². The molecule has 0 aliphatic rings. The van der Waals surface area contributed by atoms with Gasteiger partial charge in [-0.15, -0.1) is 0 Å². The number of aromatic nitrogens is 1. The van der Waals surface area contributed by atoms with Crippen molar-refractivity contribution in [3.63, 3.8) is 0 Å². The Morgan fingerprint density at radius 3 is 1.87 bits per heavy atom. The van der Waals surface area contributed by atoms with E-state index >= 15 is 0 Å². The summed E-state index contributed by atoms with van der Waals surface area (Å²) >= 11 is 0. The van der Waals surface area contributed by atoms with Crippen LogP contribution in [0.5, 0.6) is 11.5 Å². The maximum Gasteiger partial charge on any atom is 0.146 e. The Bertz CT molecular complexity index is 413. The molecular formula is C12H13NO2. The molecule has 78 valence electrons. The molecule has 0 aliphatic heterocycles. The summed E-state index contributed by atoms with van der Waals surface area (Å²) in [6.07, 6.45) is 3.92. The first-order chi connectivity index (χ1) is 7.36. The van der Waals surface area contributed by atoms with Gasteiger partial charge in [-0.2, -0.15) is 0 Å². The van der Waals surface area contributed by atoms with E-state index < -0.39 is 0 Å². The molecule has 2 rings (SSSR count). The predicted octanol–water partition coefficient (Wildman–Crippen LogP) is 2.49. The minimum Gasteiger partial charge on any atom is -0.494 e. The van der Waals surface area contributed by atoms with Crippen LogP contribution in [0.15, 0.2) is 42.7 Å². The fourth-order valence-electron chi connectivity index (χ4n) is 1.57. The lowest BCUT2D eigenvalue weighted by atomic mass is 10.2. The average molecular weight is 203 g/mol. The van der Waals surface area contributed by atoms with Crippen molar-refractivity contribution in [3.05, 3.63) is 42.7 Å². The molecule has 2 aromatic rings. The highest BCUT2D eigenvalue weighted by molar-refractivity contribution is 5.57. The summed E-state index contributed by atoms with van der Waals surface area (Å²) in [7, 11) is 3.31. The van der Waals surface area contributed by atoms with E-state index in [0.717, 1.165) is 17.2 Å². The molecule has 0 radical (unpaired) electrons. The van der Waals surface area contributed by atoms with Gasteiger partial charge in [0.2, 0.25) is 0 Å². The predicted molar refractivity (Wildman–Crippen MR) is 58.9 cm³/mol. The van der Waals surface area contributed by atoms with E-state index in [1.165, 1.54) is 0 Å². The molecule has 0 aliphatic carbocycles. The third-order valence-corrected chi connectivity index (χ3v) is 2.26. The molecule has 1 aromatic heterocycles. The summed E-state index contributed by atoms with van der Waals surface area (Å²) in [5.41, 5.74) is 0.924. The van der Waals surface area contributed by atoms with E-state index in [9.17, 15) is 0 Å². The molecule has 1 aromatic carbocycles. The maximum atomic E-state index is 5.31. The van der Waals surface area contributed by atoms with E-state index in [2.05, 4.69) is 0 Å². The third kappa shape index (κ3) is 1.68. The lowest BCUT2D eigenvalue weighted by Gasteiger charge is -2.13. The quantitative estimate of drug-likeness (QED) is 0.765. The second kappa shape index (κ2) is 4.09. The number of methoxy groups -OCH3 is 2. The zero-order valence-electron chi connectivity index (χ0n) is 8.81. The van der Waals surface area contributed by atoms with Crippen LogP contribution in [0.1, 0.15) is 0 Å². The van der Waals surface area contributed by atoms with Gasteiger partial charge in [0, 0.05) is 12.4 Å². The number of ether oxygens (including phenoxy) is 2. The van der Waals surface area contributed by atoms with Crippen LogP contribution in [0.4, 0.5) is 0 Å². The summed E-state index contributed by atoms with van der Waals surface area (Å²) in [5, 5.41) is 0. The number of hydrogen-bond acceptors (Lipinski definition) is 2. The molecular weight excluding hydrogens is 190 g/mol. The van der Waals surface area contributed by atoms with Crippen LogP contribution in [0.25, 0.3) is 5.69 Å². The largest absolute Gasteiger partial charge is 0.494 e. The fraction of sp³-hybridized carbons (Fsp3) is 0.167. The first-order valence-corrected chi connectivity index (χ1v) is 4.71. The number of hydrogen-bond donors (Lipinski definition) is 0. The molecule has 0 saturated carbocycles. The van der Waals surface area contributed by atoms with Gasteiger partial charge in [0.05, 0.1) is 14.2 Å². The van der Waals surface area contributed by atoms with E-state index in [1.807, 2.05) is 47.3 Å². The van der Waals surface area contributed by atoms with Gasteiger partial charge in [-0.25, -0.2) is 0 Å². The van der Waals surface area contributed by atoms with Crippen LogP contribution in [0.2, 0.25) is 0 Å². The fourth-order valence-corrected chi connectivity index (χ4v) is 1.57. The molecule has 1 heterocycles. The van der Waals surface area contributed by atoms with Crippen LogP contribution in [-0.2, 0) is 0 Å². The topological polar surface area (TPSA) is 23.4 Å². The minimum absolute atomic E-state index is 0.797. The minimum atomic E-state index is 0.797. The number of para-hydroxylation sites is 1. The van der Waals surface area contributed by atoms with Crippen molar-refractivity contribution in [3.8, 4) is 17.2 Å². The second-order valence-electron chi connectivity index (χ2n) is 3.10. The van der Waals surface area contributed by atoms with Gasteiger partial charge in [0.25, 0.3) is 0 Å². The zero-order valence-corrected chi connectivity index (χ0v) is 8.81. The number of rotatable bonds is 3. The smallest absolute Gasteiger partial charge is 0.146 e. The molecule has 15 heavy (non-hydrogen) atoms. The van der Waals surface area contributed by atoms with Gasteiger partial charge < -0.3 is 14.0 Å². The third-order valence-electron chi connectivity index (χ3n) is 2.26. The first kappa shape index (κ1) is 9.65. The lowest BCUT2D eigenvalue weighted by Crippen LogP contribution is -1.98.